The van der Waals surface area contributed by atoms with Crippen molar-refractivity contribution in [2.75, 3.05) is 6.61 Å². The number of hydrogen-bond donors (Lipinski definition) is 2. The van der Waals surface area contributed by atoms with E-state index in [-0.39, 0.29) is 24.4 Å². The lowest BCUT2D eigenvalue weighted by Gasteiger charge is -2.14. The van der Waals surface area contributed by atoms with E-state index in [4.69, 9.17) is 5.11 Å². The Morgan fingerprint density at radius 3 is 2.67 bits per heavy atom. The van der Waals surface area contributed by atoms with Crippen LogP contribution in [0.2, 0.25) is 0 Å². The molecule has 6 heteroatoms. The fourth-order valence-electron chi connectivity index (χ4n) is 2.67. The Kier molecular flexibility index (Phi) is 6.09. The van der Waals surface area contributed by atoms with E-state index in [1.165, 1.54) is 0 Å². The van der Waals surface area contributed by atoms with Crippen molar-refractivity contribution >= 4 is 5.91 Å². The van der Waals surface area contributed by atoms with E-state index in [1.807, 2.05) is 32.0 Å². The standard InChI is InChI=1S/C18H26N4O2/c1-5-14(10-11-23)20-18(24)17-19-13(4)22(21-17)16-9-7-6-8-15(16)12(2)3/h6-9,12,14,23H,5,10-11H2,1-4H3,(H,20,24). The Labute approximate surface area is 142 Å². The van der Waals surface area contributed by atoms with Crippen LogP contribution in [0.5, 0.6) is 0 Å². The van der Waals surface area contributed by atoms with E-state index >= 15 is 0 Å². The molecular weight excluding hydrogens is 304 g/mol. The average Bonchev–Trinajstić information content (AvgIpc) is 2.96. The van der Waals surface area contributed by atoms with Gasteiger partial charge >= 0.3 is 0 Å². The van der Waals surface area contributed by atoms with Gasteiger partial charge in [0.15, 0.2) is 0 Å². The summed E-state index contributed by atoms with van der Waals surface area (Å²) in [6.07, 6.45) is 1.28. The monoisotopic (exact) mass is 330 g/mol. The van der Waals surface area contributed by atoms with Gasteiger partial charge in [-0.1, -0.05) is 39.0 Å². The summed E-state index contributed by atoms with van der Waals surface area (Å²) >= 11 is 0. The molecule has 1 amide bonds. The van der Waals surface area contributed by atoms with Gasteiger partial charge in [0.2, 0.25) is 5.82 Å². The fourth-order valence-corrected chi connectivity index (χ4v) is 2.67. The molecule has 24 heavy (non-hydrogen) atoms. The average molecular weight is 330 g/mol. The quantitative estimate of drug-likeness (QED) is 0.818. The molecule has 1 aromatic carbocycles. The van der Waals surface area contributed by atoms with Gasteiger partial charge in [-0.2, -0.15) is 0 Å². The van der Waals surface area contributed by atoms with Gasteiger partial charge < -0.3 is 10.4 Å². The zero-order valence-electron chi connectivity index (χ0n) is 14.8. The number of aryl methyl sites for hydroxylation is 1. The lowest BCUT2D eigenvalue weighted by atomic mass is 10.0. The van der Waals surface area contributed by atoms with Crippen LogP contribution in [0, 0.1) is 6.92 Å². The summed E-state index contributed by atoms with van der Waals surface area (Å²) in [5.41, 5.74) is 2.10. The maximum atomic E-state index is 12.4. The molecular formula is C18H26N4O2. The van der Waals surface area contributed by atoms with Gasteiger partial charge in [-0.15, -0.1) is 5.10 Å². The van der Waals surface area contributed by atoms with Gasteiger partial charge in [-0.25, -0.2) is 9.67 Å². The zero-order chi connectivity index (χ0) is 17.7. The Hall–Kier alpha value is -2.21. The third kappa shape index (κ3) is 4.00. The highest BCUT2D eigenvalue weighted by atomic mass is 16.3. The Balaban J connectivity index is 2.29. The number of aliphatic hydroxyl groups excluding tert-OH is 1. The van der Waals surface area contributed by atoms with Gasteiger partial charge in [0, 0.05) is 12.6 Å². The number of nitrogens with zero attached hydrogens (tertiary/aromatic N) is 3. The van der Waals surface area contributed by atoms with Crippen molar-refractivity contribution in [2.24, 2.45) is 0 Å². The molecule has 1 heterocycles. The molecule has 130 valence electrons. The molecule has 1 unspecified atom stereocenters. The first-order chi connectivity index (χ1) is 11.5. The molecule has 0 bridgehead atoms. The number of aromatic nitrogens is 3. The molecule has 1 aromatic heterocycles. The summed E-state index contributed by atoms with van der Waals surface area (Å²) < 4.78 is 1.72. The summed E-state index contributed by atoms with van der Waals surface area (Å²) in [7, 11) is 0. The van der Waals surface area contributed by atoms with Crippen LogP contribution in [0.3, 0.4) is 0 Å². The van der Waals surface area contributed by atoms with E-state index in [0.29, 0.717) is 18.2 Å². The number of hydrogen-bond acceptors (Lipinski definition) is 4. The molecule has 1 atom stereocenters. The molecule has 0 spiro atoms. The second-order valence-corrected chi connectivity index (χ2v) is 6.20. The van der Waals surface area contributed by atoms with E-state index < -0.39 is 0 Å². The van der Waals surface area contributed by atoms with Crippen molar-refractivity contribution in [1.29, 1.82) is 0 Å². The topological polar surface area (TPSA) is 80.0 Å². The minimum atomic E-state index is -0.306. The molecule has 0 radical (unpaired) electrons. The summed E-state index contributed by atoms with van der Waals surface area (Å²) in [6, 6.07) is 7.93. The smallest absolute Gasteiger partial charge is 0.291 e. The molecule has 0 saturated heterocycles. The number of carbonyl (C=O) groups is 1. The number of para-hydroxylation sites is 1. The fraction of sp³-hybridized carbons (Fsp3) is 0.500. The van der Waals surface area contributed by atoms with Gasteiger partial charge in [0.25, 0.3) is 5.91 Å². The molecule has 2 rings (SSSR count). The Morgan fingerprint density at radius 2 is 2.04 bits per heavy atom. The number of nitrogens with one attached hydrogen (secondary N) is 1. The van der Waals surface area contributed by atoms with Crippen LogP contribution in [-0.4, -0.2) is 38.4 Å². The maximum Gasteiger partial charge on any atom is 0.291 e. The molecule has 0 aliphatic carbocycles. The van der Waals surface area contributed by atoms with Crippen molar-refractivity contribution in [1.82, 2.24) is 20.1 Å². The third-order valence-electron chi connectivity index (χ3n) is 4.06. The highest BCUT2D eigenvalue weighted by molar-refractivity contribution is 5.90. The highest BCUT2D eigenvalue weighted by Gasteiger charge is 2.19. The first-order valence-corrected chi connectivity index (χ1v) is 8.42. The first-order valence-electron chi connectivity index (χ1n) is 8.42. The molecule has 0 fully saturated rings. The molecule has 6 nitrogen and oxygen atoms in total. The lowest BCUT2D eigenvalue weighted by Crippen LogP contribution is -2.35. The summed E-state index contributed by atoms with van der Waals surface area (Å²) in [5, 5.41) is 16.3. The minimum absolute atomic E-state index is 0.0431. The van der Waals surface area contributed by atoms with Gasteiger partial charge in [0.05, 0.1) is 5.69 Å². The zero-order valence-corrected chi connectivity index (χ0v) is 14.8. The summed E-state index contributed by atoms with van der Waals surface area (Å²) in [5.74, 6) is 0.862. The largest absolute Gasteiger partial charge is 0.396 e. The number of amides is 1. The molecule has 0 saturated carbocycles. The molecule has 2 aromatic rings. The molecule has 0 aliphatic rings. The van der Waals surface area contributed by atoms with Crippen LogP contribution >= 0.6 is 0 Å². The Morgan fingerprint density at radius 1 is 1.33 bits per heavy atom. The van der Waals surface area contributed by atoms with Crippen LogP contribution in [0.15, 0.2) is 24.3 Å². The number of rotatable bonds is 7. The van der Waals surface area contributed by atoms with Crippen molar-refractivity contribution in [3.05, 3.63) is 41.5 Å². The highest BCUT2D eigenvalue weighted by Crippen LogP contribution is 2.23. The number of carbonyl (C=O) groups excluding carboxylic acids is 1. The first kappa shape index (κ1) is 18.1. The predicted molar refractivity (Wildman–Crippen MR) is 93.4 cm³/mol. The van der Waals surface area contributed by atoms with Crippen LogP contribution in [0.25, 0.3) is 5.69 Å². The second-order valence-electron chi connectivity index (χ2n) is 6.20. The van der Waals surface area contributed by atoms with Crippen LogP contribution in [0.4, 0.5) is 0 Å². The van der Waals surface area contributed by atoms with Gasteiger partial charge in [-0.3, -0.25) is 4.79 Å². The van der Waals surface area contributed by atoms with E-state index in [2.05, 4.69) is 35.3 Å². The normalized spacial score (nSPS) is 12.4. The van der Waals surface area contributed by atoms with Crippen molar-refractivity contribution < 1.29 is 9.90 Å². The van der Waals surface area contributed by atoms with Gasteiger partial charge in [-0.05, 0) is 37.3 Å². The summed E-state index contributed by atoms with van der Waals surface area (Å²) in [4.78, 5) is 16.7. The maximum absolute atomic E-state index is 12.4. The van der Waals surface area contributed by atoms with Crippen LogP contribution in [-0.2, 0) is 0 Å². The number of benzene rings is 1. The van der Waals surface area contributed by atoms with Crippen molar-refractivity contribution in [2.45, 2.75) is 52.5 Å². The summed E-state index contributed by atoms with van der Waals surface area (Å²) in [6.45, 7) is 8.10. The van der Waals surface area contributed by atoms with E-state index in [9.17, 15) is 4.79 Å². The van der Waals surface area contributed by atoms with Gasteiger partial charge in [0.1, 0.15) is 5.82 Å². The van der Waals surface area contributed by atoms with Crippen LogP contribution in [0.1, 0.15) is 61.5 Å². The second kappa shape index (κ2) is 8.06. The Bertz CT molecular complexity index is 694. The third-order valence-corrected chi connectivity index (χ3v) is 4.06. The van der Waals surface area contributed by atoms with Crippen molar-refractivity contribution in [3.8, 4) is 5.69 Å². The lowest BCUT2D eigenvalue weighted by molar-refractivity contribution is 0.0918. The van der Waals surface area contributed by atoms with E-state index in [1.54, 1.807) is 4.68 Å². The predicted octanol–water partition coefficient (Wildman–Crippen LogP) is 2.59. The van der Waals surface area contributed by atoms with Crippen molar-refractivity contribution in [3.63, 3.8) is 0 Å². The van der Waals surface area contributed by atoms with E-state index in [0.717, 1.165) is 17.7 Å². The minimum Gasteiger partial charge on any atom is -0.396 e. The molecule has 2 N–H and O–H groups in total. The molecule has 0 aliphatic heterocycles. The SMILES string of the molecule is CCC(CCO)NC(=O)c1nc(C)n(-c2ccccc2C(C)C)n1. The van der Waals surface area contributed by atoms with Crippen LogP contribution < -0.4 is 5.32 Å². The number of aliphatic hydroxyl groups is 1.